The largest absolute Gasteiger partial charge is 0.351 e. The number of nitrogens with one attached hydrogen (secondary N) is 1. The van der Waals surface area contributed by atoms with Crippen molar-refractivity contribution >= 4 is 11.7 Å². The zero-order chi connectivity index (χ0) is 18.5. The fourth-order valence-corrected chi connectivity index (χ4v) is 3.93. The molecule has 2 heterocycles. The molecule has 0 unspecified atom stereocenters. The maximum Gasteiger partial charge on any atom is 0.258 e. The number of nitrogens with two attached hydrogens (primary N) is 1. The van der Waals surface area contributed by atoms with Crippen LogP contribution in [0, 0.1) is 6.92 Å². The van der Waals surface area contributed by atoms with Gasteiger partial charge in [-0.05, 0) is 68.8 Å². The minimum Gasteiger partial charge on any atom is -0.351 e. The second-order valence-corrected chi connectivity index (χ2v) is 7.36. The summed E-state index contributed by atoms with van der Waals surface area (Å²) in [4.78, 5) is 17.1. The Labute approximate surface area is 156 Å². The van der Waals surface area contributed by atoms with Crippen LogP contribution in [0.1, 0.15) is 71.8 Å². The van der Waals surface area contributed by atoms with Crippen LogP contribution in [0.4, 0.5) is 5.82 Å². The minimum absolute atomic E-state index is 0.0800. The summed E-state index contributed by atoms with van der Waals surface area (Å²) in [7, 11) is 2.07. The molecule has 0 bridgehead atoms. The summed E-state index contributed by atoms with van der Waals surface area (Å²) >= 11 is 0. The van der Waals surface area contributed by atoms with E-state index in [0.717, 1.165) is 29.7 Å². The number of anilines is 1. The van der Waals surface area contributed by atoms with Crippen LogP contribution in [-0.2, 0) is 13.5 Å². The highest BCUT2D eigenvalue weighted by atomic mass is 16.1. The van der Waals surface area contributed by atoms with Gasteiger partial charge in [-0.2, -0.15) is 0 Å². The number of pyridine rings is 1. The first-order valence-electron chi connectivity index (χ1n) is 9.72. The molecule has 5 heteroatoms. The van der Waals surface area contributed by atoms with Crippen LogP contribution < -0.4 is 11.1 Å². The van der Waals surface area contributed by atoms with E-state index in [2.05, 4.69) is 28.0 Å². The van der Waals surface area contributed by atoms with Gasteiger partial charge in [0.2, 0.25) is 0 Å². The van der Waals surface area contributed by atoms with Gasteiger partial charge in [0.05, 0.1) is 5.56 Å². The normalized spacial score (nSPS) is 15.2. The number of aromatic nitrogens is 2. The minimum atomic E-state index is -0.0800. The SMILES string of the molecule is Cc1c(C(=O)Nc2cc(CCCN)ccn2)cc(C2CCCCC2)n1C. The summed E-state index contributed by atoms with van der Waals surface area (Å²) in [5, 5.41) is 2.96. The number of hydrogen-bond acceptors (Lipinski definition) is 3. The molecule has 3 N–H and O–H groups in total. The topological polar surface area (TPSA) is 72.9 Å². The van der Waals surface area contributed by atoms with E-state index in [1.54, 1.807) is 6.20 Å². The van der Waals surface area contributed by atoms with Crippen molar-refractivity contribution in [3.63, 3.8) is 0 Å². The Hall–Kier alpha value is -2.14. The summed E-state index contributed by atoms with van der Waals surface area (Å²) in [6.07, 6.45) is 9.93. The average Bonchev–Trinajstić information content (AvgIpc) is 2.96. The molecule has 5 nitrogen and oxygen atoms in total. The first-order valence-corrected chi connectivity index (χ1v) is 9.72. The van der Waals surface area contributed by atoms with Crippen LogP contribution in [0.5, 0.6) is 0 Å². The zero-order valence-corrected chi connectivity index (χ0v) is 15.9. The molecular weight excluding hydrogens is 324 g/mol. The van der Waals surface area contributed by atoms with Gasteiger partial charge < -0.3 is 15.6 Å². The van der Waals surface area contributed by atoms with Gasteiger partial charge in [0.1, 0.15) is 5.82 Å². The van der Waals surface area contributed by atoms with E-state index in [-0.39, 0.29) is 5.91 Å². The van der Waals surface area contributed by atoms with Crippen molar-refractivity contribution in [3.8, 4) is 0 Å². The number of hydrogen-bond donors (Lipinski definition) is 2. The Morgan fingerprint density at radius 3 is 2.81 bits per heavy atom. The summed E-state index contributed by atoms with van der Waals surface area (Å²) in [6, 6.07) is 5.99. The molecule has 0 saturated heterocycles. The van der Waals surface area contributed by atoms with Crippen molar-refractivity contribution in [1.29, 1.82) is 0 Å². The maximum absolute atomic E-state index is 12.8. The van der Waals surface area contributed by atoms with Gasteiger partial charge >= 0.3 is 0 Å². The predicted octanol–water partition coefficient (Wildman–Crippen LogP) is 3.92. The van der Waals surface area contributed by atoms with Crippen molar-refractivity contribution < 1.29 is 4.79 Å². The average molecular weight is 354 g/mol. The molecule has 2 aromatic heterocycles. The molecule has 1 fully saturated rings. The number of amides is 1. The molecule has 1 aliphatic rings. The fraction of sp³-hybridized carbons (Fsp3) is 0.524. The van der Waals surface area contributed by atoms with Crippen LogP contribution in [0.2, 0.25) is 0 Å². The Morgan fingerprint density at radius 2 is 2.08 bits per heavy atom. The fourth-order valence-electron chi connectivity index (χ4n) is 3.93. The van der Waals surface area contributed by atoms with Crippen LogP contribution in [0.15, 0.2) is 24.4 Å². The van der Waals surface area contributed by atoms with E-state index in [4.69, 9.17) is 5.73 Å². The lowest BCUT2D eigenvalue weighted by molar-refractivity contribution is 0.102. The number of carbonyl (C=O) groups excluding carboxylic acids is 1. The molecule has 2 aromatic rings. The third-order valence-corrected chi connectivity index (χ3v) is 5.58. The van der Waals surface area contributed by atoms with Crippen LogP contribution in [0.25, 0.3) is 0 Å². The molecule has 0 radical (unpaired) electrons. The van der Waals surface area contributed by atoms with E-state index >= 15 is 0 Å². The first kappa shape index (κ1) is 18.6. The molecule has 1 saturated carbocycles. The van der Waals surface area contributed by atoms with Gasteiger partial charge in [-0.3, -0.25) is 4.79 Å². The van der Waals surface area contributed by atoms with Crippen molar-refractivity contribution in [3.05, 3.63) is 46.9 Å². The van der Waals surface area contributed by atoms with E-state index in [0.29, 0.717) is 18.3 Å². The van der Waals surface area contributed by atoms with E-state index in [1.165, 1.54) is 37.8 Å². The summed E-state index contributed by atoms with van der Waals surface area (Å²) in [5.74, 6) is 1.10. The molecule has 140 valence electrons. The van der Waals surface area contributed by atoms with Gasteiger partial charge in [-0.15, -0.1) is 0 Å². The summed E-state index contributed by atoms with van der Waals surface area (Å²) < 4.78 is 2.19. The zero-order valence-electron chi connectivity index (χ0n) is 15.9. The highest BCUT2D eigenvalue weighted by Crippen LogP contribution is 2.34. The van der Waals surface area contributed by atoms with Crippen LogP contribution in [-0.4, -0.2) is 22.0 Å². The second kappa shape index (κ2) is 8.49. The number of nitrogens with zero attached hydrogens (tertiary/aromatic N) is 2. The molecule has 3 rings (SSSR count). The quantitative estimate of drug-likeness (QED) is 0.826. The predicted molar refractivity (Wildman–Crippen MR) is 106 cm³/mol. The highest BCUT2D eigenvalue weighted by Gasteiger charge is 2.23. The monoisotopic (exact) mass is 354 g/mol. The van der Waals surface area contributed by atoms with E-state index in [9.17, 15) is 4.79 Å². The van der Waals surface area contributed by atoms with Gasteiger partial charge in [0, 0.05) is 24.6 Å². The Bertz CT molecular complexity index is 759. The number of rotatable bonds is 6. The van der Waals surface area contributed by atoms with Gasteiger partial charge in [-0.1, -0.05) is 19.3 Å². The number of aryl methyl sites for hydroxylation is 1. The Balaban J connectivity index is 1.75. The maximum atomic E-state index is 12.8. The Kier molecular flexibility index (Phi) is 6.09. The second-order valence-electron chi connectivity index (χ2n) is 7.36. The highest BCUT2D eigenvalue weighted by molar-refractivity contribution is 6.04. The lowest BCUT2D eigenvalue weighted by Gasteiger charge is -2.22. The molecular formula is C21H30N4O. The van der Waals surface area contributed by atoms with Crippen molar-refractivity contribution in [1.82, 2.24) is 9.55 Å². The van der Waals surface area contributed by atoms with Crippen LogP contribution >= 0.6 is 0 Å². The smallest absolute Gasteiger partial charge is 0.258 e. The molecule has 0 atom stereocenters. The van der Waals surface area contributed by atoms with Gasteiger partial charge in [-0.25, -0.2) is 4.98 Å². The first-order chi connectivity index (χ1) is 12.6. The molecule has 0 spiro atoms. The van der Waals surface area contributed by atoms with Crippen molar-refractivity contribution in [2.45, 2.75) is 57.8 Å². The molecule has 1 amide bonds. The van der Waals surface area contributed by atoms with E-state index < -0.39 is 0 Å². The van der Waals surface area contributed by atoms with Crippen molar-refractivity contribution in [2.24, 2.45) is 12.8 Å². The van der Waals surface area contributed by atoms with Crippen LogP contribution in [0.3, 0.4) is 0 Å². The molecule has 0 aliphatic heterocycles. The third kappa shape index (κ3) is 4.15. The summed E-state index contributed by atoms with van der Waals surface area (Å²) in [6.45, 7) is 2.68. The Morgan fingerprint density at radius 1 is 1.31 bits per heavy atom. The third-order valence-electron chi connectivity index (χ3n) is 5.58. The van der Waals surface area contributed by atoms with Gasteiger partial charge in [0.25, 0.3) is 5.91 Å². The standard InChI is InChI=1S/C21H30N4O/c1-15-18(14-19(25(15)2)17-8-4-3-5-9-17)21(26)24-20-13-16(7-6-11-22)10-12-23-20/h10,12-14,17H,3-9,11,22H2,1-2H3,(H,23,24,26). The van der Waals surface area contributed by atoms with Gasteiger partial charge in [0.15, 0.2) is 0 Å². The number of carbonyl (C=O) groups is 1. The molecule has 0 aromatic carbocycles. The lowest BCUT2D eigenvalue weighted by Crippen LogP contribution is -2.14. The lowest BCUT2D eigenvalue weighted by atomic mass is 9.87. The molecule has 26 heavy (non-hydrogen) atoms. The molecule has 1 aliphatic carbocycles. The van der Waals surface area contributed by atoms with Crippen molar-refractivity contribution in [2.75, 3.05) is 11.9 Å². The summed E-state index contributed by atoms with van der Waals surface area (Å²) in [5.41, 5.74) is 9.78. The van der Waals surface area contributed by atoms with E-state index in [1.807, 2.05) is 19.1 Å².